The van der Waals surface area contributed by atoms with Gasteiger partial charge in [0.2, 0.25) is 5.88 Å². The summed E-state index contributed by atoms with van der Waals surface area (Å²) in [6, 6.07) is 7.75. The Labute approximate surface area is 99.1 Å². The Balaban J connectivity index is 2.35. The standard InChI is InChI=1S/C12H11ClN2O/c1-8-5-3-4-6-10(8)16-12-9(2)11(13)14-7-15-12/h3-7H,1-2H3. The first-order valence-corrected chi connectivity index (χ1v) is 5.27. The first-order valence-electron chi connectivity index (χ1n) is 4.89. The molecule has 0 saturated heterocycles. The number of hydrogen-bond acceptors (Lipinski definition) is 3. The van der Waals surface area contributed by atoms with Gasteiger partial charge < -0.3 is 4.74 Å². The molecule has 2 aromatic rings. The molecule has 1 heterocycles. The average Bonchev–Trinajstić information content (AvgIpc) is 2.28. The van der Waals surface area contributed by atoms with Crippen molar-refractivity contribution >= 4 is 11.6 Å². The number of rotatable bonds is 2. The van der Waals surface area contributed by atoms with Crippen molar-refractivity contribution in [2.75, 3.05) is 0 Å². The number of halogens is 1. The van der Waals surface area contributed by atoms with Crippen LogP contribution in [0.15, 0.2) is 30.6 Å². The van der Waals surface area contributed by atoms with Crippen molar-refractivity contribution in [3.63, 3.8) is 0 Å². The molecular weight excluding hydrogens is 224 g/mol. The maximum absolute atomic E-state index is 5.89. The average molecular weight is 235 g/mol. The second kappa shape index (κ2) is 4.49. The SMILES string of the molecule is Cc1ccccc1Oc1ncnc(Cl)c1C. The summed E-state index contributed by atoms with van der Waals surface area (Å²) < 4.78 is 5.69. The van der Waals surface area contributed by atoms with Crippen LogP contribution in [0.4, 0.5) is 0 Å². The maximum Gasteiger partial charge on any atom is 0.226 e. The molecule has 16 heavy (non-hydrogen) atoms. The molecule has 0 unspecified atom stereocenters. The number of para-hydroxylation sites is 1. The second-order valence-corrected chi connectivity index (χ2v) is 3.82. The molecule has 0 aliphatic rings. The molecule has 0 fully saturated rings. The number of ether oxygens (including phenoxy) is 1. The monoisotopic (exact) mass is 234 g/mol. The molecule has 0 N–H and O–H groups in total. The summed E-state index contributed by atoms with van der Waals surface area (Å²) in [6.07, 6.45) is 1.39. The van der Waals surface area contributed by atoms with E-state index in [0.29, 0.717) is 11.0 Å². The lowest BCUT2D eigenvalue weighted by Gasteiger charge is -2.09. The van der Waals surface area contributed by atoms with Gasteiger partial charge in [-0.2, -0.15) is 0 Å². The number of aryl methyl sites for hydroxylation is 1. The highest BCUT2D eigenvalue weighted by Gasteiger charge is 2.08. The highest BCUT2D eigenvalue weighted by atomic mass is 35.5. The lowest BCUT2D eigenvalue weighted by molar-refractivity contribution is 0.454. The van der Waals surface area contributed by atoms with Crippen LogP contribution in [-0.4, -0.2) is 9.97 Å². The fourth-order valence-corrected chi connectivity index (χ4v) is 1.42. The van der Waals surface area contributed by atoms with Crippen LogP contribution in [0.2, 0.25) is 5.15 Å². The Morgan fingerprint density at radius 3 is 2.62 bits per heavy atom. The maximum atomic E-state index is 5.89. The lowest BCUT2D eigenvalue weighted by Crippen LogP contribution is -1.94. The van der Waals surface area contributed by atoms with E-state index in [-0.39, 0.29) is 0 Å². The van der Waals surface area contributed by atoms with Crippen molar-refractivity contribution in [1.82, 2.24) is 9.97 Å². The largest absolute Gasteiger partial charge is 0.438 e. The zero-order valence-corrected chi connectivity index (χ0v) is 9.82. The van der Waals surface area contributed by atoms with E-state index in [0.717, 1.165) is 16.9 Å². The molecule has 0 spiro atoms. The van der Waals surface area contributed by atoms with Crippen LogP contribution < -0.4 is 4.74 Å². The van der Waals surface area contributed by atoms with Gasteiger partial charge >= 0.3 is 0 Å². The van der Waals surface area contributed by atoms with Crippen LogP contribution in [0, 0.1) is 13.8 Å². The van der Waals surface area contributed by atoms with E-state index in [1.807, 2.05) is 38.1 Å². The first kappa shape index (κ1) is 10.9. The van der Waals surface area contributed by atoms with Gasteiger partial charge in [-0.25, -0.2) is 9.97 Å². The molecule has 0 amide bonds. The summed E-state index contributed by atoms with van der Waals surface area (Å²) in [5.74, 6) is 1.27. The topological polar surface area (TPSA) is 35.0 Å². The van der Waals surface area contributed by atoms with Gasteiger partial charge in [-0.05, 0) is 25.5 Å². The zero-order valence-electron chi connectivity index (χ0n) is 9.07. The summed E-state index contributed by atoms with van der Waals surface area (Å²) in [6.45, 7) is 3.81. The molecule has 1 aromatic carbocycles. The van der Waals surface area contributed by atoms with E-state index < -0.39 is 0 Å². The third kappa shape index (κ3) is 2.14. The van der Waals surface area contributed by atoms with E-state index in [4.69, 9.17) is 16.3 Å². The Morgan fingerprint density at radius 2 is 1.88 bits per heavy atom. The molecule has 2 rings (SSSR count). The lowest BCUT2D eigenvalue weighted by atomic mass is 10.2. The van der Waals surface area contributed by atoms with Gasteiger partial charge in [-0.3, -0.25) is 0 Å². The quantitative estimate of drug-likeness (QED) is 0.746. The first-order chi connectivity index (χ1) is 7.68. The van der Waals surface area contributed by atoms with Crippen LogP contribution in [0.25, 0.3) is 0 Å². The van der Waals surface area contributed by atoms with Crippen molar-refractivity contribution in [2.45, 2.75) is 13.8 Å². The molecule has 0 radical (unpaired) electrons. The Morgan fingerprint density at radius 1 is 1.12 bits per heavy atom. The van der Waals surface area contributed by atoms with Crippen molar-refractivity contribution in [2.24, 2.45) is 0 Å². The van der Waals surface area contributed by atoms with Gasteiger partial charge in [0.25, 0.3) is 0 Å². The van der Waals surface area contributed by atoms with Crippen molar-refractivity contribution in [1.29, 1.82) is 0 Å². The van der Waals surface area contributed by atoms with Crippen LogP contribution >= 0.6 is 11.6 Å². The van der Waals surface area contributed by atoms with Gasteiger partial charge in [0, 0.05) is 5.56 Å². The summed E-state index contributed by atoms with van der Waals surface area (Å²) in [5, 5.41) is 0.415. The van der Waals surface area contributed by atoms with E-state index >= 15 is 0 Å². The highest BCUT2D eigenvalue weighted by molar-refractivity contribution is 6.30. The summed E-state index contributed by atoms with van der Waals surface area (Å²) in [5.41, 5.74) is 1.80. The summed E-state index contributed by atoms with van der Waals surface area (Å²) in [4.78, 5) is 7.94. The molecule has 4 heteroatoms. The number of hydrogen-bond donors (Lipinski definition) is 0. The zero-order chi connectivity index (χ0) is 11.5. The molecule has 82 valence electrons. The van der Waals surface area contributed by atoms with Crippen molar-refractivity contribution in [3.8, 4) is 11.6 Å². The van der Waals surface area contributed by atoms with Crippen molar-refractivity contribution in [3.05, 3.63) is 46.9 Å². The molecule has 0 atom stereocenters. The van der Waals surface area contributed by atoms with Gasteiger partial charge in [0.1, 0.15) is 17.2 Å². The number of aromatic nitrogens is 2. The van der Waals surface area contributed by atoms with Crippen LogP contribution in [0.1, 0.15) is 11.1 Å². The van der Waals surface area contributed by atoms with Gasteiger partial charge in [0.05, 0.1) is 0 Å². The predicted octanol–water partition coefficient (Wildman–Crippen LogP) is 3.54. The summed E-state index contributed by atoms with van der Waals surface area (Å²) >= 11 is 5.89. The van der Waals surface area contributed by atoms with Gasteiger partial charge in [-0.15, -0.1) is 0 Å². The van der Waals surface area contributed by atoms with Gasteiger partial charge in [-0.1, -0.05) is 29.8 Å². The molecule has 0 aliphatic heterocycles. The Bertz CT molecular complexity index is 514. The Kier molecular flexibility index (Phi) is 3.06. The van der Waals surface area contributed by atoms with Crippen LogP contribution in [0.3, 0.4) is 0 Å². The molecule has 0 saturated carbocycles. The molecule has 1 aromatic heterocycles. The fourth-order valence-electron chi connectivity index (χ4n) is 1.29. The summed E-state index contributed by atoms with van der Waals surface area (Å²) in [7, 11) is 0. The molecule has 0 aliphatic carbocycles. The van der Waals surface area contributed by atoms with E-state index in [1.54, 1.807) is 0 Å². The smallest absolute Gasteiger partial charge is 0.226 e. The minimum absolute atomic E-state index is 0.415. The van der Waals surface area contributed by atoms with E-state index in [9.17, 15) is 0 Å². The molecule has 3 nitrogen and oxygen atoms in total. The minimum Gasteiger partial charge on any atom is -0.438 e. The highest BCUT2D eigenvalue weighted by Crippen LogP contribution is 2.27. The van der Waals surface area contributed by atoms with E-state index in [2.05, 4.69) is 9.97 Å². The third-order valence-electron chi connectivity index (χ3n) is 2.28. The van der Waals surface area contributed by atoms with Crippen LogP contribution in [-0.2, 0) is 0 Å². The predicted molar refractivity (Wildman–Crippen MR) is 63.0 cm³/mol. The fraction of sp³-hybridized carbons (Fsp3) is 0.167. The minimum atomic E-state index is 0.415. The third-order valence-corrected chi connectivity index (χ3v) is 2.66. The normalized spacial score (nSPS) is 10.2. The number of nitrogens with zero attached hydrogens (tertiary/aromatic N) is 2. The Hall–Kier alpha value is -1.61. The van der Waals surface area contributed by atoms with E-state index in [1.165, 1.54) is 6.33 Å². The van der Waals surface area contributed by atoms with Crippen LogP contribution in [0.5, 0.6) is 11.6 Å². The second-order valence-electron chi connectivity index (χ2n) is 3.46. The van der Waals surface area contributed by atoms with Crippen molar-refractivity contribution < 1.29 is 4.74 Å². The molecular formula is C12H11ClN2O. The number of benzene rings is 1. The van der Waals surface area contributed by atoms with Gasteiger partial charge in [0.15, 0.2) is 0 Å². The molecule has 0 bridgehead atoms.